The van der Waals surface area contributed by atoms with Crippen LogP contribution in [0.5, 0.6) is 0 Å². The maximum absolute atomic E-state index is 14.1. The third kappa shape index (κ3) is 3.91. The maximum Gasteiger partial charge on any atom is 0.410 e. The molecule has 0 saturated carbocycles. The fourth-order valence-corrected chi connectivity index (χ4v) is 3.59. The van der Waals surface area contributed by atoms with Gasteiger partial charge in [0.25, 0.3) is 0 Å². The van der Waals surface area contributed by atoms with Crippen LogP contribution in [-0.2, 0) is 11.2 Å². The summed E-state index contributed by atoms with van der Waals surface area (Å²) in [6.45, 7) is 11.2. The van der Waals surface area contributed by atoms with E-state index in [-0.39, 0.29) is 11.9 Å². The van der Waals surface area contributed by atoms with Crippen molar-refractivity contribution in [2.24, 2.45) is 5.11 Å². The molecule has 2 aromatic rings. The first-order chi connectivity index (χ1) is 13.5. The normalized spacial score (nSPS) is 16.2. The zero-order valence-electron chi connectivity index (χ0n) is 17.6. The van der Waals surface area contributed by atoms with Crippen LogP contribution in [0.25, 0.3) is 5.69 Å². The lowest BCUT2D eigenvalue weighted by molar-refractivity contribution is 0.0160. The van der Waals surface area contributed by atoms with Gasteiger partial charge in [0.2, 0.25) is 10.7 Å². The number of hydrogen-bond acceptors (Lipinski definition) is 5. The average Bonchev–Trinajstić information content (AvgIpc) is 2.97. The molecule has 0 fully saturated rings. The number of carbonyl (C=O) groups is 1. The van der Waals surface area contributed by atoms with Gasteiger partial charge in [-0.15, -0.1) is 0 Å². The predicted octanol–water partition coefficient (Wildman–Crippen LogP) is 4.66. The number of aryl methyl sites for hydroxylation is 2. The molecule has 0 radical (unpaired) electrons. The van der Waals surface area contributed by atoms with Gasteiger partial charge in [-0.3, -0.25) is 0 Å². The molecule has 1 atom stereocenters. The Kier molecular flexibility index (Phi) is 5.28. The molecule has 154 valence electrons. The van der Waals surface area contributed by atoms with Gasteiger partial charge in [-0.2, -0.15) is 5.10 Å². The Labute approximate surface area is 168 Å². The Hall–Kier alpha value is -3.06. The molecule has 8 nitrogen and oxygen atoms in total. The molecule has 0 unspecified atom stereocenters. The van der Waals surface area contributed by atoms with E-state index in [0.717, 1.165) is 11.3 Å². The summed E-state index contributed by atoms with van der Waals surface area (Å²) in [6, 6.07) is 3.01. The highest BCUT2D eigenvalue weighted by Gasteiger charge is 2.37. The molecule has 1 aromatic heterocycles. The molecule has 1 aliphatic rings. The molecule has 0 spiro atoms. The number of nitrogens with zero attached hydrogens (tertiary/aromatic N) is 5. The minimum absolute atomic E-state index is 0.265. The van der Waals surface area contributed by atoms with E-state index in [9.17, 15) is 9.18 Å². The minimum atomic E-state index is -0.603. The van der Waals surface area contributed by atoms with E-state index in [0.29, 0.717) is 35.6 Å². The molecule has 1 aromatic carbocycles. The summed E-state index contributed by atoms with van der Waals surface area (Å²) in [7, 11) is 0. The number of ether oxygens (including phenoxy) is 1. The van der Waals surface area contributed by atoms with Gasteiger partial charge < -0.3 is 9.64 Å². The molecule has 1 amide bonds. The quantitative estimate of drug-likeness (QED) is 0.585. The topological polar surface area (TPSA) is 97.7 Å². The number of aromatic nitrogens is 2. The first-order valence-electron chi connectivity index (χ1n) is 9.49. The second-order valence-corrected chi connectivity index (χ2v) is 8.29. The van der Waals surface area contributed by atoms with Crippen molar-refractivity contribution in [3.63, 3.8) is 0 Å². The van der Waals surface area contributed by atoms with Crippen molar-refractivity contribution in [3.8, 4) is 5.69 Å². The van der Waals surface area contributed by atoms with Gasteiger partial charge in [-0.05, 0) is 64.8 Å². The Morgan fingerprint density at radius 3 is 2.52 bits per heavy atom. The van der Waals surface area contributed by atoms with E-state index in [1.54, 1.807) is 35.6 Å². The van der Waals surface area contributed by atoms with Crippen molar-refractivity contribution in [2.45, 2.75) is 59.6 Å². The van der Waals surface area contributed by atoms with Crippen LogP contribution in [0.2, 0.25) is 0 Å². The van der Waals surface area contributed by atoms with Gasteiger partial charge >= 0.3 is 6.09 Å². The van der Waals surface area contributed by atoms with Crippen molar-refractivity contribution in [1.29, 1.82) is 5.53 Å². The van der Waals surface area contributed by atoms with Crippen molar-refractivity contribution in [2.75, 3.05) is 6.54 Å². The lowest BCUT2D eigenvalue weighted by atomic mass is 10.00. The summed E-state index contributed by atoms with van der Waals surface area (Å²) in [6.07, 6.45) is 0.108. The highest BCUT2D eigenvalue weighted by Crippen LogP contribution is 2.38. The van der Waals surface area contributed by atoms with Gasteiger partial charge in [-0.1, -0.05) is 0 Å². The molecule has 9 heteroatoms. The Morgan fingerprint density at radius 2 is 1.97 bits per heavy atom. The fourth-order valence-electron chi connectivity index (χ4n) is 3.59. The van der Waals surface area contributed by atoms with Crippen molar-refractivity contribution < 1.29 is 13.9 Å². The number of carbonyl (C=O) groups excluding carboxylic acids is 1. The second-order valence-electron chi connectivity index (χ2n) is 8.29. The summed E-state index contributed by atoms with van der Waals surface area (Å²) >= 11 is 0. The van der Waals surface area contributed by atoms with E-state index < -0.39 is 11.7 Å². The van der Waals surface area contributed by atoms with E-state index in [4.69, 9.17) is 10.3 Å². The fraction of sp³-hybridized carbons (Fsp3) is 0.500. The number of rotatable bonds is 2. The molecular formula is C20H26FN6O2+. The second kappa shape index (κ2) is 7.40. The Morgan fingerprint density at radius 1 is 1.34 bits per heavy atom. The molecule has 0 bridgehead atoms. The van der Waals surface area contributed by atoms with Crippen LogP contribution in [0.4, 0.5) is 15.0 Å². The summed E-state index contributed by atoms with van der Waals surface area (Å²) in [5.74, 6) is 0.0972. The highest BCUT2D eigenvalue weighted by molar-refractivity contribution is 5.70. The number of hydrogen-bond donors (Lipinski definition) is 1. The number of halogens is 1. The van der Waals surface area contributed by atoms with E-state index >= 15 is 0 Å². The van der Waals surface area contributed by atoms with Gasteiger partial charge in [0.15, 0.2) is 5.11 Å². The maximum atomic E-state index is 14.1. The number of benzene rings is 1. The Bertz CT molecular complexity index is 994. The van der Waals surface area contributed by atoms with Crippen LogP contribution in [0.15, 0.2) is 17.2 Å². The van der Waals surface area contributed by atoms with Gasteiger partial charge in [0.05, 0.1) is 23.0 Å². The molecule has 2 heterocycles. The van der Waals surface area contributed by atoms with Crippen LogP contribution in [0.1, 0.15) is 56.1 Å². The summed E-state index contributed by atoms with van der Waals surface area (Å²) in [5, 5.41) is 8.63. The van der Waals surface area contributed by atoms with Crippen LogP contribution >= 0.6 is 0 Å². The van der Waals surface area contributed by atoms with Gasteiger partial charge in [0, 0.05) is 13.0 Å². The lowest BCUT2D eigenvalue weighted by Crippen LogP contribution is -2.41. The molecular weight excluding hydrogens is 375 g/mol. The Balaban J connectivity index is 2.09. The van der Waals surface area contributed by atoms with Crippen molar-refractivity contribution in [1.82, 2.24) is 19.6 Å². The smallest absolute Gasteiger partial charge is 0.410 e. The summed E-state index contributed by atoms with van der Waals surface area (Å²) in [5.41, 5.74) is 9.76. The third-order valence-corrected chi connectivity index (χ3v) is 4.89. The molecule has 1 aliphatic heterocycles. The summed E-state index contributed by atoms with van der Waals surface area (Å²) in [4.78, 5) is 17.5. The zero-order valence-corrected chi connectivity index (χ0v) is 17.6. The largest absolute Gasteiger partial charge is 0.444 e. The predicted molar refractivity (Wildman–Crippen MR) is 105 cm³/mol. The molecule has 0 saturated heterocycles. The van der Waals surface area contributed by atoms with Crippen LogP contribution in [0, 0.1) is 25.2 Å². The molecule has 3 rings (SSSR count). The average molecular weight is 401 g/mol. The number of nitrogens with one attached hydrogen (secondary N) is 1. The molecule has 1 N–H and O–H groups in total. The molecule has 0 aliphatic carbocycles. The van der Waals surface area contributed by atoms with Crippen LogP contribution in [0.3, 0.4) is 0 Å². The van der Waals surface area contributed by atoms with Gasteiger partial charge in [-0.25, -0.2) is 13.9 Å². The van der Waals surface area contributed by atoms with E-state index in [1.165, 1.54) is 0 Å². The minimum Gasteiger partial charge on any atom is -0.444 e. The first kappa shape index (κ1) is 20.7. The van der Waals surface area contributed by atoms with Crippen molar-refractivity contribution >= 4 is 11.9 Å². The highest BCUT2D eigenvalue weighted by atomic mass is 19.1. The number of fused-ring (bicyclic) bond motifs is 1. The zero-order chi connectivity index (χ0) is 21.5. The molecule has 29 heavy (non-hydrogen) atoms. The standard InChI is InChI=1S/C20H26FN6O2/c1-11-9-14(10-12(2)17(11)21)27-18(23-25-22)16-13(3)26(8-7-15(16)24-27)19(28)29-20(4,5)6/h9-10,13,22H,7-8H2,1-6H3/q+1/t13-/m0/s1. The first-order valence-corrected chi connectivity index (χ1v) is 9.49. The van der Waals surface area contributed by atoms with Gasteiger partial charge in [0.1, 0.15) is 16.9 Å². The summed E-state index contributed by atoms with van der Waals surface area (Å²) < 4.78 is 21.2. The monoisotopic (exact) mass is 401 g/mol. The van der Waals surface area contributed by atoms with Crippen LogP contribution < -0.4 is 4.91 Å². The van der Waals surface area contributed by atoms with E-state index in [1.807, 2.05) is 27.7 Å². The SMILES string of the molecule is Cc1cc(-n2nc3c(c2N=[N+]=N)[C@H](C)N(C(=O)OC(C)(C)C)CC3)cc(C)c1F. The van der Waals surface area contributed by atoms with E-state index in [2.05, 4.69) is 15.1 Å². The number of amides is 1. The lowest BCUT2D eigenvalue weighted by Gasteiger charge is -2.34. The van der Waals surface area contributed by atoms with Crippen molar-refractivity contribution in [3.05, 3.63) is 40.3 Å². The third-order valence-electron chi connectivity index (χ3n) is 4.89. The van der Waals surface area contributed by atoms with Crippen LogP contribution in [-0.4, -0.2) is 32.9 Å².